The topological polar surface area (TPSA) is 29.1 Å². The molecule has 2 atom stereocenters. The van der Waals surface area contributed by atoms with Gasteiger partial charge in [-0.1, -0.05) is 6.92 Å². The third-order valence-corrected chi connectivity index (χ3v) is 1.75. The third-order valence-electron chi connectivity index (χ3n) is 1.18. The molecule has 1 aliphatic heterocycles. The number of amides is 1. The molecule has 0 aliphatic carbocycles. The predicted molar refractivity (Wildman–Crippen MR) is 30.1 cm³/mol. The van der Waals surface area contributed by atoms with Crippen molar-refractivity contribution in [3.8, 4) is 0 Å². The minimum atomic E-state index is 0.104. The van der Waals surface area contributed by atoms with Gasteiger partial charge in [0, 0.05) is 0 Å². The smallest absolute Gasteiger partial charge is 0.226 e. The van der Waals surface area contributed by atoms with Crippen LogP contribution in [0.5, 0.6) is 0 Å². The molecule has 0 aromatic heterocycles. The van der Waals surface area contributed by atoms with Gasteiger partial charge >= 0.3 is 0 Å². The minimum absolute atomic E-state index is 0.104. The molecule has 1 heterocycles. The van der Waals surface area contributed by atoms with Gasteiger partial charge in [0.1, 0.15) is 0 Å². The summed E-state index contributed by atoms with van der Waals surface area (Å²) in [6, 6.07) is 0. The molecule has 0 aromatic rings. The molecular weight excluding hydrogens is 110 g/mol. The molecule has 0 bridgehead atoms. The van der Waals surface area contributed by atoms with Crippen LogP contribution in [0.4, 0.5) is 0 Å². The van der Waals surface area contributed by atoms with Crippen molar-refractivity contribution in [3.05, 3.63) is 0 Å². The highest BCUT2D eigenvalue weighted by atomic mass is 32.1. The van der Waals surface area contributed by atoms with E-state index < -0.39 is 0 Å². The molecule has 1 aliphatic rings. The summed E-state index contributed by atoms with van der Waals surface area (Å²) < 4.78 is 0. The van der Waals surface area contributed by atoms with Crippen LogP contribution in [-0.4, -0.2) is 11.3 Å². The molecule has 1 N–H and O–H groups in total. The van der Waals surface area contributed by atoms with E-state index in [-0.39, 0.29) is 17.2 Å². The molecule has 1 saturated heterocycles. The van der Waals surface area contributed by atoms with Crippen molar-refractivity contribution < 1.29 is 4.79 Å². The molecule has 40 valence electrons. The van der Waals surface area contributed by atoms with Crippen molar-refractivity contribution in [2.24, 2.45) is 5.92 Å². The van der Waals surface area contributed by atoms with E-state index in [1.165, 1.54) is 0 Å². The summed E-state index contributed by atoms with van der Waals surface area (Å²) in [5, 5.41) is 2.68. The van der Waals surface area contributed by atoms with E-state index in [2.05, 4.69) is 17.9 Å². The number of hydrogen-bond donors (Lipinski definition) is 2. The van der Waals surface area contributed by atoms with Gasteiger partial charge in [0.15, 0.2) is 0 Å². The number of hydrogen-bond acceptors (Lipinski definition) is 2. The molecule has 2 nitrogen and oxygen atoms in total. The van der Waals surface area contributed by atoms with Gasteiger partial charge < -0.3 is 5.32 Å². The van der Waals surface area contributed by atoms with Crippen molar-refractivity contribution in [2.75, 3.05) is 0 Å². The van der Waals surface area contributed by atoms with Crippen LogP contribution in [-0.2, 0) is 4.79 Å². The number of thiol groups is 1. The van der Waals surface area contributed by atoms with Gasteiger partial charge in [0.2, 0.25) is 5.91 Å². The van der Waals surface area contributed by atoms with Gasteiger partial charge in [-0.15, -0.1) is 0 Å². The second-order valence-corrected chi connectivity index (χ2v) is 2.30. The fraction of sp³-hybridized carbons (Fsp3) is 0.750. The first-order valence-electron chi connectivity index (χ1n) is 2.20. The molecular formula is C4H7NOS. The van der Waals surface area contributed by atoms with Crippen molar-refractivity contribution >= 4 is 18.5 Å². The Balaban J connectivity index is 2.43. The second-order valence-electron chi connectivity index (χ2n) is 1.74. The van der Waals surface area contributed by atoms with Crippen LogP contribution in [0.15, 0.2) is 0 Å². The lowest BCUT2D eigenvalue weighted by molar-refractivity contribution is -0.131. The van der Waals surface area contributed by atoms with Gasteiger partial charge in [-0.2, -0.15) is 12.6 Å². The summed E-state index contributed by atoms with van der Waals surface area (Å²) in [7, 11) is 0. The normalized spacial score (nSPS) is 39.4. The summed E-state index contributed by atoms with van der Waals surface area (Å²) in [5.41, 5.74) is 0. The number of nitrogens with one attached hydrogen (secondary N) is 1. The summed E-state index contributed by atoms with van der Waals surface area (Å²) in [5.74, 6) is 0.225. The third kappa shape index (κ3) is 0.608. The highest BCUT2D eigenvalue weighted by Gasteiger charge is 2.31. The zero-order valence-electron chi connectivity index (χ0n) is 4.01. The van der Waals surface area contributed by atoms with Gasteiger partial charge in [-0.3, -0.25) is 4.79 Å². The van der Waals surface area contributed by atoms with E-state index in [0.717, 1.165) is 0 Å². The largest absolute Gasteiger partial charge is 0.343 e. The highest BCUT2D eigenvalue weighted by molar-refractivity contribution is 7.81. The first-order chi connectivity index (χ1) is 3.22. The van der Waals surface area contributed by atoms with Crippen molar-refractivity contribution in [2.45, 2.75) is 12.3 Å². The van der Waals surface area contributed by atoms with Crippen molar-refractivity contribution in [3.63, 3.8) is 0 Å². The Hall–Kier alpha value is -0.180. The van der Waals surface area contributed by atoms with Crippen LogP contribution in [0.3, 0.4) is 0 Å². The summed E-state index contributed by atoms with van der Waals surface area (Å²) in [4.78, 5) is 10.3. The van der Waals surface area contributed by atoms with Crippen LogP contribution < -0.4 is 5.32 Å². The molecule has 1 unspecified atom stereocenters. The Morgan fingerprint density at radius 3 is 2.43 bits per heavy atom. The average molecular weight is 117 g/mol. The monoisotopic (exact) mass is 117 g/mol. The first kappa shape index (κ1) is 4.97. The average Bonchev–Trinajstić information content (AvgIpc) is 1.68. The summed E-state index contributed by atoms with van der Waals surface area (Å²) in [6.45, 7) is 1.86. The van der Waals surface area contributed by atoms with Gasteiger partial charge in [0.25, 0.3) is 0 Å². The predicted octanol–water partition coefficient (Wildman–Crippen LogP) is 0.00820. The zero-order chi connectivity index (χ0) is 5.44. The molecule has 1 fully saturated rings. The van der Waals surface area contributed by atoms with Crippen LogP contribution >= 0.6 is 12.6 Å². The number of β-lactam (4-membered cyclic amide) rings is 1. The Morgan fingerprint density at radius 1 is 1.86 bits per heavy atom. The minimum Gasteiger partial charge on any atom is -0.343 e. The highest BCUT2D eigenvalue weighted by Crippen LogP contribution is 2.15. The molecule has 1 rings (SSSR count). The Labute approximate surface area is 47.7 Å². The van der Waals surface area contributed by atoms with Gasteiger partial charge in [-0.25, -0.2) is 0 Å². The first-order valence-corrected chi connectivity index (χ1v) is 2.72. The standard InChI is InChI=1S/C4H7NOS/c1-2-3(6)5-4(2)7/h2,4,7H,1H3,(H,5,6)/t2-,4?/m1/s1. The number of carbonyl (C=O) groups is 1. The molecule has 0 aromatic carbocycles. The molecule has 1 amide bonds. The summed E-state index contributed by atoms with van der Waals surface area (Å²) >= 11 is 4.01. The maximum absolute atomic E-state index is 10.3. The van der Waals surface area contributed by atoms with Crippen molar-refractivity contribution in [1.29, 1.82) is 0 Å². The maximum atomic E-state index is 10.3. The van der Waals surface area contributed by atoms with Crippen LogP contribution in [0, 0.1) is 5.92 Å². The Morgan fingerprint density at radius 2 is 2.43 bits per heavy atom. The van der Waals surface area contributed by atoms with E-state index in [1.54, 1.807) is 0 Å². The van der Waals surface area contributed by atoms with E-state index in [0.29, 0.717) is 0 Å². The van der Waals surface area contributed by atoms with Crippen molar-refractivity contribution in [1.82, 2.24) is 5.32 Å². The SMILES string of the molecule is C[C@@H]1C(=O)NC1S. The quantitative estimate of drug-likeness (QED) is 0.339. The molecule has 0 radical (unpaired) electrons. The van der Waals surface area contributed by atoms with Gasteiger partial charge in [-0.05, 0) is 0 Å². The zero-order valence-corrected chi connectivity index (χ0v) is 4.90. The lowest BCUT2D eigenvalue weighted by Crippen LogP contribution is -2.53. The lowest BCUT2D eigenvalue weighted by Gasteiger charge is -2.29. The van der Waals surface area contributed by atoms with Crippen LogP contribution in [0.2, 0.25) is 0 Å². The van der Waals surface area contributed by atoms with Crippen LogP contribution in [0.1, 0.15) is 6.92 Å². The lowest BCUT2D eigenvalue weighted by atomic mass is 10.1. The molecule has 7 heavy (non-hydrogen) atoms. The van der Waals surface area contributed by atoms with Gasteiger partial charge in [0.05, 0.1) is 11.3 Å². The Bertz CT molecular complexity index is 104. The Kier molecular flexibility index (Phi) is 0.995. The van der Waals surface area contributed by atoms with E-state index >= 15 is 0 Å². The van der Waals surface area contributed by atoms with Crippen LogP contribution in [0.25, 0.3) is 0 Å². The summed E-state index contributed by atoms with van der Waals surface area (Å²) in [6.07, 6.45) is 0. The fourth-order valence-corrected chi connectivity index (χ4v) is 0.712. The van der Waals surface area contributed by atoms with E-state index in [1.807, 2.05) is 6.92 Å². The second kappa shape index (κ2) is 1.40. The van der Waals surface area contributed by atoms with E-state index in [4.69, 9.17) is 0 Å². The number of rotatable bonds is 0. The number of carbonyl (C=O) groups excluding carboxylic acids is 1. The fourth-order valence-electron chi connectivity index (χ4n) is 0.449. The maximum Gasteiger partial charge on any atom is 0.226 e. The van der Waals surface area contributed by atoms with E-state index in [9.17, 15) is 4.79 Å². The molecule has 3 heteroatoms. The molecule has 0 saturated carbocycles. The molecule has 0 spiro atoms.